The highest BCUT2D eigenvalue weighted by Gasteiger charge is 2.11. The second-order valence-corrected chi connectivity index (χ2v) is 6.74. The lowest BCUT2D eigenvalue weighted by Crippen LogP contribution is -2.15. The van der Waals surface area contributed by atoms with Crippen LogP contribution < -0.4 is 10.6 Å². The fourth-order valence-electron chi connectivity index (χ4n) is 2.41. The summed E-state index contributed by atoms with van der Waals surface area (Å²) in [5.41, 5.74) is 2.84. The number of aromatic nitrogens is 1. The van der Waals surface area contributed by atoms with E-state index >= 15 is 0 Å². The maximum absolute atomic E-state index is 12.9. The lowest BCUT2D eigenvalue weighted by molar-refractivity contribution is -0.115. The van der Waals surface area contributed by atoms with E-state index in [4.69, 9.17) is 0 Å². The van der Waals surface area contributed by atoms with E-state index in [1.165, 1.54) is 41.2 Å². The molecule has 0 radical (unpaired) electrons. The van der Waals surface area contributed by atoms with Crippen molar-refractivity contribution >= 4 is 34.0 Å². The Morgan fingerprint density at radius 3 is 2.41 bits per heavy atom. The van der Waals surface area contributed by atoms with Gasteiger partial charge in [-0.15, -0.1) is 11.3 Å². The molecule has 27 heavy (non-hydrogen) atoms. The fourth-order valence-corrected chi connectivity index (χ4v) is 3.11. The molecular formula is C20H18FN3O2S. The predicted octanol–water partition coefficient (Wildman–Crippen LogP) is 4.28. The van der Waals surface area contributed by atoms with E-state index in [0.29, 0.717) is 16.4 Å². The SMILES string of the molecule is CCc1ccc(NC(=O)Cc2csc(NC(=O)c3ccc(F)cc3)n2)cc1. The number of thiazole rings is 1. The van der Waals surface area contributed by atoms with Gasteiger partial charge >= 0.3 is 0 Å². The number of benzene rings is 2. The van der Waals surface area contributed by atoms with Gasteiger partial charge < -0.3 is 5.32 Å². The first-order valence-corrected chi connectivity index (χ1v) is 9.31. The van der Waals surface area contributed by atoms with Crippen molar-refractivity contribution in [3.05, 3.63) is 76.5 Å². The minimum absolute atomic E-state index is 0.110. The monoisotopic (exact) mass is 383 g/mol. The molecule has 0 atom stereocenters. The quantitative estimate of drug-likeness (QED) is 0.667. The molecule has 5 nitrogen and oxygen atoms in total. The smallest absolute Gasteiger partial charge is 0.257 e. The van der Waals surface area contributed by atoms with Crippen LogP contribution in [0.4, 0.5) is 15.2 Å². The highest BCUT2D eigenvalue weighted by atomic mass is 32.1. The summed E-state index contributed by atoms with van der Waals surface area (Å²) in [6.45, 7) is 2.07. The molecule has 0 aliphatic carbocycles. The number of amides is 2. The lowest BCUT2D eigenvalue weighted by Gasteiger charge is -2.05. The molecule has 2 N–H and O–H groups in total. The molecule has 3 aromatic rings. The molecule has 0 saturated carbocycles. The highest BCUT2D eigenvalue weighted by Crippen LogP contribution is 2.18. The Balaban J connectivity index is 1.55. The molecule has 1 aromatic heterocycles. The Morgan fingerprint density at radius 1 is 1.04 bits per heavy atom. The molecule has 3 rings (SSSR count). The van der Waals surface area contributed by atoms with Crippen molar-refractivity contribution < 1.29 is 14.0 Å². The summed E-state index contributed by atoms with van der Waals surface area (Å²) in [6, 6.07) is 12.9. The maximum Gasteiger partial charge on any atom is 0.257 e. The Bertz CT molecular complexity index is 937. The molecule has 0 unspecified atom stereocenters. The minimum atomic E-state index is -0.404. The first-order chi connectivity index (χ1) is 13.0. The molecule has 0 aliphatic heterocycles. The molecule has 0 saturated heterocycles. The second kappa shape index (κ2) is 8.55. The van der Waals surface area contributed by atoms with Crippen LogP contribution in [0.25, 0.3) is 0 Å². The van der Waals surface area contributed by atoms with Gasteiger partial charge in [0.25, 0.3) is 5.91 Å². The average molecular weight is 383 g/mol. The van der Waals surface area contributed by atoms with Gasteiger partial charge in [0.2, 0.25) is 5.91 Å². The van der Waals surface area contributed by atoms with Crippen molar-refractivity contribution in [3.63, 3.8) is 0 Å². The van der Waals surface area contributed by atoms with Crippen molar-refractivity contribution in [1.82, 2.24) is 4.98 Å². The van der Waals surface area contributed by atoms with Crippen LogP contribution in [0, 0.1) is 5.82 Å². The summed E-state index contributed by atoms with van der Waals surface area (Å²) in [5.74, 6) is -0.962. The number of hydrogen-bond acceptors (Lipinski definition) is 4. The van der Waals surface area contributed by atoms with Crippen LogP contribution in [0.15, 0.2) is 53.9 Å². The number of halogens is 1. The van der Waals surface area contributed by atoms with Crippen molar-refractivity contribution in [2.45, 2.75) is 19.8 Å². The average Bonchev–Trinajstić information content (AvgIpc) is 3.09. The van der Waals surface area contributed by atoms with Crippen molar-refractivity contribution in [3.8, 4) is 0 Å². The number of anilines is 2. The number of carbonyl (C=O) groups is 2. The minimum Gasteiger partial charge on any atom is -0.326 e. The van der Waals surface area contributed by atoms with Crippen molar-refractivity contribution in [1.29, 1.82) is 0 Å². The van der Waals surface area contributed by atoms with E-state index in [9.17, 15) is 14.0 Å². The Morgan fingerprint density at radius 2 is 1.74 bits per heavy atom. The summed E-state index contributed by atoms with van der Waals surface area (Å²) in [5, 5.41) is 7.58. The maximum atomic E-state index is 12.9. The molecule has 0 fully saturated rings. The molecule has 0 aliphatic rings. The molecule has 7 heteroatoms. The van der Waals surface area contributed by atoms with Gasteiger partial charge in [0.1, 0.15) is 5.82 Å². The third kappa shape index (κ3) is 5.21. The summed E-state index contributed by atoms with van der Waals surface area (Å²) < 4.78 is 12.9. The molecule has 0 spiro atoms. The van der Waals surface area contributed by atoms with E-state index in [1.807, 2.05) is 24.3 Å². The predicted molar refractivity (Wildman–Crippen MR) is 105 cm³/mol. The number of aryl methyl sites for hydroxylation is 1. The van der Waals surface area contributed by atoms with Crippen LogP contribution in [0.2, 0.25) is 0 Å². The van der Waals surface area contributed by atoms with Crippen LogP contribution in [0.5, 0.6) is 0 Å². The number of nitrogens with zero attached hydrogens (tertiary/aromatic N) is 1. The third-order valence-electron chi connectivity index (χ3n) is 3.87. The van der Waals surface area contributed by atoms with Gasteiger partial charge in [-0.05, 0) is 48.4 Å². The highest BCUT2D eigenvalue weighted by molar-refractivity contribution is 7.14. The molecular weight excluding hydrogens is 365 g/mol. The number of carbonyl (C=O) groups excluding carboxylic acids is 2. The third-order valence-corrected chi connectivity index (χ3v) is 4.67. The summed E-state index contributed by atoms with van der Waals surface area (Å²) in [7, 11) is 0. The molecule has 2 aromatic carbocycles. The number of nitrogens with one attached hydrogen (secondary N) is 2. The van der Waals surface area contributed by atoms with Crippen LogP contribution in [0.1, 0.15) is 28.5 Å². The van der Waals surface area contributed by atoms with Gasteiger partial charge in [-0.2, -0.15) is 0 Å². The van der Waals surface area contributed by atoms with Gasteiger partial charge in [-0.25, -0.2) is 9.37 Å². The standard InChI is InChI=1S/C20H18FN3O2S/c1-2-13-3-9-16(10-4-13)22-18(25)11-17-12-27-20(23-17)24-19(26)14-5-7-15(21)8-6-14/h3-10,12H,2,11H2,1H3,(H,22,25)(H,23,24,26). The van der Waals surface area contributed by atoms with Crippen molar-refractivity contribution in [2.24, 2.45) is 0 Å². The van der Waals surface area contributed by atoms with E-state index in [2.05, 4.69) is 22.5 Å². The van der Waals surface area contributed by atoms with Gasteiger partial charge in [-0.1, -0.05) is 19.1 Å². The summed E-state index contributed by atoms with van der Waals surface area (Å²) in [4.78, 5) is 28.5. The Hall–Kier alpha value is -3.06. The molecule has 0 bridgehead atoms. The van der Waals surface area contributed by atoms with Gasteiger partial charge in [0, 0.05) is 16.6 Å². The van der Waals surface area contributed by atoms with Crippen LogP contribution in [-0.4, -0.2) is 16.8 Å². The zero-order valence-corrected chi connectivity index (χ0v) is 15.5. The second-order valence-electron chi connectivity index (χ2n) is 5.88. The first kappa shape index (κ1) is 18.7. The van der Waals surface area contributed by atoms with Crippen LogP contribution >= 0.6 is 11.3 Å². The summed E-state index contributed by atoms with van der Waals surface area (Å²) >= 11 is 1.23. The molecule has 1 heterocycles. The van der Waals surface area contributed by atoms with Gasteiger partial charge in [0.15, 0.2) is 5.13 Å². The molecule has 2 amide bonds. The summed E-state index contributed by atoms with van der Waals surface area (Å²) in [6.07, 6.45) is 1.05. The van der Waals surface area contributed by atoms with Crippen LogP contribution in [0.3, 0.4) is 0 Å². The zero-order chi connectivity index (χ0) is 19.2. The van der Waals surface area contributed by atoms with Gasteiger partial charge in [0.05, 0.1) is 12.1 Å². The zero-order valence-electron chi connectivity index (χ0n) is 14.7. The van der Waals surface area contributed by atoms with E-state index in [-0.39, 0.29) is 18.2 Å². The topological polar surface area (TPSA) is 71.1 Å². The normalized spacial score (nSPS) is 10.4. The fraction of sp³-hybridized carbons (Fsp3) is 0.150. The number of rotatable bonds is 6. The van der Waals surface area contributed by atoms with E-state index in [1.54, 1.807) is 5.38 Å². The van der Waals surface area contributed by atoms with Crippen molar-refractivity contribution in [2.75, 3.05) is 10.6 Å². The first-order valence-electron chi connectivity index (χ1n) is 8.43. The van der Waals surface area contributed by atoms with Gasteiger partial charge in [-0.3, -0.25) is 14.9 Å². The van der Waals surface area contributed by atoms with E-state index in [0.717, 1.165) is 12.1 Å². The van der Waals surface area contributed by atoms with Crippen LogP contribution in [-0.2, 0) is 17.6 Å². The van der Waals surface area contributed by atoms with E-state index < -0.39 is 5.82 Å². The lowest BCUT2D eigenvalue weighted by atomic mass is 10.1. The Kier molecular flexibility index (Phi) is 5.93. The Labute approximate surface area is 160 Å². The number of hydrogen-bond donors (Lipinski definition) is 2. The largest absolute Gasteiger partial charge is 0.326 e. The molecule has 138 valence electrons.